The molecule has 0 unspecified atom stereocenters. The average Bonchev–Trinajstić information content (AvgIpc) is 3.56. The number of likely N-dealkylation sites (N-methyl/N-ethyl adjacent to an activating group) is 1. The molecule has 1 aliphatic carbocycles. The van der Waals surface area contributed by atoms with Gasteiger partial charge in [-0.25, -0.2) is 0 Å². The van der Waals surface area contributed by atoms with Crippen LogP contribution in [0.4, 0.5) is 0 Å². The van der Waals surface area contributed by atoms with Gasteiger partial charge in [0.05, 0.1) is 0 Å². The zero-order valence-corrected chi connectivity index (χ0v) is 25.8. The zero-order valence-electron chi connectivity index (χ0n) is 25.8. The van der Waals surface area contributed by atoms with Gasteiger partial charge in [-0.3, -0.25) is 14.7 Å². The SMILES string of the molecule is CN(Cc1ccccc1)C1(C(=O)N(Cc2ccncc2)C(CCCc2ccccc2)CCCc2ccccc2)CCCC1. The number of hydrogen-bond donors (Lipinski definition) is 0. The minimum atomic E-state index is -0.472. The lowest BCUT2D eigenvalue weighted by Crippen LogP contribution is -2.58. The molecular weight excluding hydrogens is 526 g/mol. The van der Waals surface area contributed by atoms with Crippen molar-refractivity contribution in [2.75, 3.05) is 7.05 Å². The van der Waals surface area contributed by atoms with Gasteiger partial charge < -0.3 is 4.90 Å². The summed E-state index contributed by atoms with van der Waals surface area (Å²) in [6.45, 7) is 1.41. The van der Waals surface area contributed by atoms with E-state index in [0.29, 0.717) is 12.5 Å². The van der Waals surface area contributed by atoms with E-state index in [2.05, 4.69) is 125 Å². The maximum absolute atomic E-state index is 15.1. The quantitative estimate of drug-likeness (QED) is 0.144. The van der Waals surface area contributed by atoms with Crippen LogP contribution in [0.5, 0.6) is 0 Å². The third kappa shape index (κ3) is 8.42. The second kappa shape index (κ2) is 15.6. The predicted molar refractivity (Wildman–Crippen MR) is 176 cm³/mol. The fourth-order valence-corrected chi connectivity index (χ4v) is 6.88. The van der Waals surface area contributed by atoms with Gasteiger partial charge in [-0.05, 0) is 92.8 Å². The lowest BCUT2D eigenvalue weighted by Gasteiger charge is -2.44. The minimum absolute atomic E-state index is 0.177. The number of aryl methyl sites for hydroxylation is 2. The molecule has 4 aromatic rings. The molecule has 0 saturated heterocycles. The maximum Gasteiger partial charge on any atom is 0.243 e. The Morgan fingerprint density at radius 2 is 1.14 bits per heavy atom. The van der Waals surface area contributed by atoms with Crippen molar-refractivity contribution in [3.05, 3.63) is 138 Å². The molecule has 0 spiro atoms. The highest BCUT2D eigenvalue weighted by atomic mass is 16.2. The summed E-state index contributed by atoms with van der Waals surface area (Å²) in [4.78, 5) is 24.0. The lowest BCUT2D eigenvalue weighted by atomic mass is 9.89. The van der Waals surface area contributed by atoms with E-state index in [1.54, 1.807) is 0 Å². The highest BCUT2D eigenvalue weighted by molar-refractivity contribution is 5.87. The summed E-state index contributed by atoms with van der Waals surface area (Å²) in [5.41, 5.74) is 4.67. The topological polar surface area (TPSA) is 36.4 Å². The van der Waals surface area contributed by atoms with Gasteiger partial charge in [0.15, 0.2) is 0 Å². The molecule has 4 nitrogen and oxygen atoms in total. The van der Waals surface area contributed by atoms with E-state index in [1.807, 2.05) is 12.4 Å². The molecule has 1 fully saturated rings. The summed E-state index contributed by atoms with van der Waals surface area (Å²) in [6, 6.07) is 36.4. The van der Waals surface area contributed by atoms with Crippen LogP contribution in [0.15, 0.2) is 116 Å². The van der Waals surface area contributed by atoms with Crippen molar-refractivity contribution < 1.29 is 4.79 Å². The molecule has 1 aliphatic rings. The molecule has 0 N–H and O–H groups in total. The van der Waals surface area contributed by atoms with Gasteiger partial charge in [-0.2, -0.15) is 0 Å². The third-order valence-electron chi connectivity index (χ3n) is 9.32. The van der Waals surface area contributed by atoms with Crippen molar-refractivity contribution >= 4 is 5.91 Å². The Morgan fingerprint density at radius 1 is 0.674 bits per heavy atom. The summed E-state index contributed by atoms with van der Waals surface area (Å²) in [6.07, 6.45) is 13.9. The molecule has 224 valence electrons. The Kier molecular flexibility index (Phi) is 11.2. The first-order valence-corrected chi connectivity index (χ1v) is 16.2. The number of aromatic nitrogens is 1. The van der Waals surface area contributed by atoms with Crippen molar-refractivity contribution in [3.8, 4) is 0 Å². The number of hydrogen-bond acceptors (Lipinski definition) is 3. The van der Waals surface area contributed by atoms with Gasteiger partial charge in [0.1, 0.15) is 5.54 Å². The summed E-state index contributed by atoms with van der Waals surface area (Å²) in [5.74, 6) is 0.310. The molecule has 1 aromatic heterocycles. The van der Waals surface area contributed by atoms with E-state index in [9.17, 15) is 0 Å². The molecule has 5 rings (SSSR count). The van der Waals surface area contributed by atoms with Crippen LogP contribution < -0.4 is 0 Å². The van der Waals surface area contributed by atoms with Crippen molar-refractivity contribution in [1.29, 1.82) is 0 Å². The average molecular weight is 574 g/mol. The van der Waals surface area contributed by atoms with E-state index >= 15 is 4.79 Å². The predicted octanol–water partition coefficient (Wildman–Crippen LogP) is 8.27. The van der Waals surface area contributed by atoms with Gasteiger partial charge in [0.25, 0.3) is 0 Å². The smallest absolute Gasteiger partial charge is 0.243 e. The Morgan fingerprint density at radius 3 is 1.65 bits per heavy atom. The van der Waals surface area contributed by atoms with Gasteiger partial charge in [0, 0.05) is 31.5 Å². The van der Waals surface area contributed by atoms with E-state index in [-0.39, 0.29) is 6.04 Å². The maximum atomic E-state index is 15.1. The van der Waals surface area contributed by atoms with Crippen molar-refractivity contribution in [3.63, 3.8) is 0 Å². The fraction of sp³-hybridized carbons (Fsp3) is 0.385. The molecule has 1 saturated carbocycles. The number of carbonyl (C=O) groups excluding carboxylic acids is 1. The molecule has 1 heterocycles. The van der Waals surface area contributed by atoms with E-state index in [0.717, 1.165) is 76.3 Å². The molecule has 0 aliphatic heterocycles. The zero-order chi connectivity index (χ0) is 29.7. The first-order valence-electron chi connectivity index (χ1n) is 16.2. The fourth-order valence-electron chi connectivity index (χ4n) is 6.88. The molecule has 3 aromatic carbocycles. The van der Waals surface area contributed by atoms with Crippen LogP contribution in [0.25, 0.3) is 0 Å². The van der Waals surface area contributed by atoms with Crippen LogP contribution in [-0.2, 0) is 30.7 Å². The number of rotatable bonds is 15. The van der Waals surface area contributed by atoms with Crippen LogP contribution in [0.2, 0.25) is 0 Å². The Balaban J connectivity index is 1.41. The summed E-state index contributed by atoms with van der Waals surface area (Å²) < 4.78 is 0. The lowest BCUT2D eigenvalue weighted by molar-refractivity contribution is -0.148. The van der Waals surface area contributed by atoms with Crippen LogP contribution in [0.3, 0.4) is 0 Å². The van der Waals surface area contributed by atoms with Gasteiger partial charge >= 0.3 is 0 Å². The molecular formula is C39H47N3O. The number of nitrogens with zero attached hydrogens (tertiary/aromatic N) is 3. The number of amides is 1. The van der Waals surface area contributed by atoms with Gasteiger partial charge in [-0.1, -0.05) is 104 Å². The van der Waals surface area contributed by atoms with E-state index in [4.69, 9.17) is 0 Å². The second-order valence-corrected chi connectivity index (χ2v) is 12.3. The first kappa shape index (κ1) is 30.7. The monoisotopic (exact) mass is 573 g/mol. The number of benzene rings is 3. The Bertz CT molecular complexity index is 1310. The van der Waals surface area contributed by atoms with Crippen molar-refractivity contribution in [1.82, 2.24) is 14.8 Å². The highest BCUT2D eigenvalue weighted by Crippen LogP contribution is 2.39. The van der Waals surface area contributed by atoms with Crippen molar-refractivity contribution in [2.24, 2.45) is 0 Å². The molecule has 4 heteroatoms. The number of pyridine rings is 1. The molecule has 43 heavy (non-hydrogen) atoms. The number of carbonyl (C=O) groups is 1. The van der Waals surface area contributed by atoms with Crippen LogP contribution in [0.1, 0.15) is 73.6 Å². The molecule has 0 atom stereocenters. The summed E-state index contributed by atoms with van der Waals surface area (Å²) in [5, 5.41) is 0. The highest BCUT2D eigenvalue weighted by Gasteiger charge is 2.47. The summed E-state index contributed by atoms with van der Waals surface area (Å²) in [7, 11) is 2.17. The Labute approximate surface area is 258 Å². The van der Waals surface area contributed by atoms with E-state index < -0.39 is 5.54 Å². The molecule has 0 radical (unpaired) electrons. The van der Waals surface area contributed by atoms with Crippen LogP contribution >= 0.6 is 0 Å². The second-order valence-electron chi connectivity index (χ2n) is 12.3. The van der Waals surface area contributed by atoms with E-state index in [1.165, 1.54) is 16.7 Å². The van der Waals surface area contributed by atoms with Gasteiger partial charge in [0.2, 0.25) is 5.91 Å². The summed E-state index contributed by atoms with van der Waals surface area (Å²) >= 11 is 0. The normalized spacial score (nSPS) is 14.3. The molecule has 1 amide bonds. The van der Waals surface area contributed by atoms with Crippen molar-refractivity contribution in [2.45, 2.75) is 88.9 Å². The Hall–Kier alpha value is -3.76. The van der Waals surface area contributed by atoms with Crippen LogP contribution in [0, 0.1) is 0 Å². The first-order chi connectivity index (χ1) is 21.1. The van der Waals surface area contributed by atoms with Crippen LogP contribution in [-0.4, -0.2) is 39.3 Å². The van der Waals surface area contributed by atoms with Gasteiger partial charge in [-0.15, -0.1) is 0 Å². The third-order valence-corrected chi connectivity index (χ3v) is 9.32. The standard InChI is InChI=1S/C39H47N3O/c1-41(31-35-19-9-4-10-20-35)39(27-11-12-28-39)38(43)42(32-36-25-29-40-30-26-36)37(23-13-21-33-15-5-2-6-16-33)24-14-22-34-17-7-3-8-18-34/h2-10,15-20,25-26,29-30,37H,11-14,21-24,27-28,31-32H2,1H3. The minimum Gasteiger partial charge on any atom is -0.334 e. The largest absolute Gasteiger partial charge is 0.334 e. The molecule has 0 bridgehead atoms.